The van der Waals surface area contributed by atoms with Crippen LogP contribution in [0.2, 0.25) is 0 Å². The molecule has 146 valence electrons. The number of nitrogens with zero attached hydrogens (tertiary/aromatic N) is 1. The number of nitrogens with one attached hydrogen (secondary N) is 1. The van der Waals surface area contributed by atoms with Crippen LogP contribution in [0, 0.1) is 11.7 Å². The molecule has 1 aliphatic rings. The second kappa shape index (κ2) is 7.24. The van der Waals surface area contributed by atoms with Crippen LogP contribution in [-0.2, 0) is 6.54 Å². The lowest BCUT2D eigenvalue weighted by molar-refractivity contribution is 0.0943. The van der Waals surface area contributed by atoms with Gasteiger partial charge in [-0.2, -0.15) is 0 Å². The molecule has 4 nitrogen and oxygen atoms in total. The molecule has 1 N–H and O–H groups in total. The normalized spacial score (nSPS) is 13.7. The lowest BCUT2D eigenvalue weighted by atomic mass is 10.2. The number of hydrogen-bond donors (Lipinski definition) is 1. The number of carbonyl (C=O) groups excluding carboxylic acids is 1. The van der Waals surface area contributed by atoms with E-state index < -0.39 is 0 Å². The number of furan rings is 1. The number of rotatable bonds is 6. The van der Waals surface area contributed by atoms with Gasteiger partial charge in [0.15, 0.2) is 5.58 Å². The molecule has 1 amide bonds. The number of fused-ring (bicyclic) bond motifs is 1. The molecule has 29 heavy (non-hydrogen) atoms. The zero-order valence-corrected chi connectivity index (χ0v) is 15.9. The summed E-state index contributed by atoms with van der Waals surface area (Å²) in [5, 5.41) is 3.05. The third-order valence-electron chi connectivity index (χ3n) is 5.38. The molecule has 2 aromatic carbocycles. The summed E-state index contributed by atoms with van der Waals surface area (Å²) in [4.78, 5) is 12.8. The van der Waals surface area contributed by atoms with E-state index in [0.29, 0.717) is 29.5 Å². The van der Waals surface area contributed by atoms with Crippen molar-refractivity contribution in [3.63, 3.8) is 0 Å². The predicted octanol–water partition coefficient (Wildman–Crippen LogP) is 5.23. The van der Waals surface area contributed by atoms with Crippen LogP contribution in [0.3, 0.4) is 0 Å². The van der Waals surface area contributed by atoms with E-state index in [2.05, 4.69) is 5.32 Å². The standard InChI is InChI=1S/C24H21FN2O2/c25-19-10-8-18(9-11-19)22-12-20-23(29-22)13-21(24(28)26-14-16-6-7-16)27(20)15-17-4-2-1-3-5-17/h1-5,8-13,16H,6-7,14-15H2,(H,26,28). The topological polar surface area (TPSA) is 47.2 Å². The first-order valence-corrected chi connectivity index (χ1v) is 9.88. The molecular formula is C24H21FN2O2. The molecule has 0 radical (unpaired) electrons. The summed E-state index contributed by atoms with van der Waals surface area (Å²) < 4.78 is 21.3. The third kappa shape index (κ3) is 3.68. The Labute approximate surface area is 168 Å². The molecule has 0 atom stereocenters. The highest BCUT2D eigenvalue weighted by Crippen LogP contribution is 2.31. The van der Waals surface area contributed by atoms with Gasteiger partial charge >= 0.3 is 0 Å². The van der Waals surface area contributed by atoms with Crippen LogP contribution >= 0.6 is 0 Å². The fourth-order valence-corrected chi connectivity index (χ4v) is 3.57. The van der Waals surface area contributed by atoms with Gasteiger partial charge in [0, 0.05) is 30.8 Å². The van der Waals surface area contributed by atoms with Gasteiger partial charge in [-0.05, 0) is 48.6 Å². The third-order valence-corrected chi connectivity index (χ3v) is 5.38. The Morgan fingerprint density at radius 3 is 2.55 bits per heavy atom. The molecular weight excluding hydrogens is 367 g/mol. The maximum Gasteiger partial charge on any atom is 0.268 e. The first kappa shape index (κ1) is 17.7. The number of amides is 1. The Kier molecular flexibility index (Phi) is 4.43. The van der Waals surface area contributed by atoms with Crippen molar-refractivity contribution in [3.8, 4) is 11.3 Å². The van der Waals surface area contributed by atoms with Crippen LogP contribution in [-0.4, -0.2) is 17.0 Å². The summed E-state index contributed by atoms with van der Waals surface area (Å²) in [6.45, 7) is 1.29. The molecule has 5 rings (SSSR count). The van der Waals surface area contributed by atoms with Gasteiger partial charge in [0.2, 0.25) is 0 Å². The van der Waals surface area contributed by atoms with Gasteiger partial charge in [-0.25, -0.2) is 4.39 Å². The SMILES string of the molecule is O=C(NCC1CC1)c1cc2oc(-c3ccc(F)cc3)cc2n1Cc1ccccc1. The first-order chi connectivity index (χ1) is 14.2. The molecule has 5 heteroatoms. The second-order valence-corrected chi connectivity index (χ2v) is 7.62. The number of benzene rings is 2. The quantitative estimate of drug-likeness (QED) is 0.492. The molecule has 1 fully saturated rings. The van der Waals surface area contributed by atoms with Gasteiger partial charge in [-0.3, -0.25) is 4.79 Å². The van der Waals surface area contributed by atoms with Crippen molar-refractivity contribution >= 4 is 17.0 Å². The maximum absolute atomic E-state index is 13.2. The predicted molar refractivity (Wildman–Crippen MR) is 110 cm³/mol. The van der Waals surface area contributed by atoms with Gasteiger partial charge in [-0.1, -0.05) is 30.3 Å². The average molecular weight is 388 g/mol. The van der Waals surface area contributed by atoms with E-state index in [4.69, 9.17) is 4.42 Å². The minimum Gasteiger partial charge on any atom is -0.454 e. The van der Waals surface area contributed by atoms with Gasteiger partial charge < -0.3 is 14.3 Å². The molecule has 0 unspecified atom stereocenters. The van der Waals surface area contributed by atoms with E-state index in [0.717, 1.165) is 23.2 Å². The molecule has 2 aromatic heterocycles. The van der Waals surface area contributed by atoms with Crippen LogP contribution in [0.4, 0.5) is 4.39 Å². The lowest BCUT2D eigenvalue weighted by Crippen LogP contribution is -2.27. The van der Waals surface area contributed by atoms with E-state index in [1.54, 1.807) is 18.2 Å². The Balaban J connectivity index is 1.54. The van der Waals surface area contributed by atoms with Crippen molar-refractivity contribution < 1.29 is 13.6 Å². The highest BCUT2D eigenvalue weighted by atomic mass is 19.1. The molecule has 0 spiro atoms. The Morgan fingerprint density at radius 2 is 1.83 bits per heavy atom. The fourth-order valence-electron chi connectivity index (χ4n) is 3.57. The summed E-state index contributed by atoms with van der Waals surface area (Å²) in [7, 11) is 0. The van der Waals surface area contributed by atoms with Crippen molar-refractivity contribution in [1.82, 2.24) is 9.88 Å². The molecule has 2 heterocycles. The van der Waals surface area contributed by atoms with Crippen LogP contribution in [0.1, 0.15) is 28.9 Å². The zero-order chi connectivity index (χ0) is 19.8. The minimum absolute atomic E-state index is 0.0810. The summed E-state index contributed by atoms with van der Waals surface area (Å²) >= 11 is 0. The van der Waals surface area contributed by atoms with Gasteiger partial charge in [-0.15, -0.1) is 0 Å². The van der Waals surface area contributed by atoms with Crippen LogP contribution in [0.15, 0.2) is 71.1 Å². The molecule has 1 aliphatic carbocycles. The Morgan fingerprint density at radius 1 is 1.07 bits per heavy atom. The van der Waals surface area contributed by atoms with Crippen molar-refractivity contribution in [3.05, 3.63) is 83.8 Å². The second-order valence-electron chi connectivity index (χ2n) is 7.62. The smallest absolute Gasteiger partial charge is 0.268 e. The van der Waals surface area contributed by atoms with Crippen molar-refractivity contribution in [2.75, 3.05) is 6.54 Å². The van der Waals surface area contributed by atoms with Crippen LogP contribution in [0.25, 0.3) is 22.4 Å². The molecule has 1 saturated carbocycles. The monoisotopic (exact) mass is 388 g/mol. The lowest BCUT2D eigenvalue weighted by Gasteiger charge is -2.10. The van der Waals surface area contributed by atoms with Gasteiger partial charge in [0.05, 0.1) is 5.52 Å². The van der Waals surface area contributed by atoms with Crippen molar-refractivity contribution in [2.24, 2.45) is 5.92 Å². The van der Waals surface area contributed by atoms with Gasteiger partial charge in [0.1, 0.15) is 17.3 Å². The molecule has 0 aliphatic heterocycles. The Bertz CT molecular complexity index is 1160. The average Bonchev–Trinajstić information content (AvgIpc) is 3.39. The zero-order valence-electron chi connectivity index (χ0n) is 15.9. The summed E-state index contributed by atoms with van der Waals surface area (Å²) in [6, 6.07) is 20.0. The number of aromatic nitrogens is 1. The number of carbonyl (C=O) groups is 1. The molecule has 0 bridgehead atoms. The van der Waals surface area contributed by atoms with Crippen LogP contribution < -0.4 is 5.32 Å². The van der Waals surface area contributed by atoms with Crippen LogP contribution in [0.5, 0.6) is 0 Å². The van der Waals surface area contributed by atoms with Crippen molar-refractivity contribution in [2.45, 2.75) is 19.4 Å². The summed E-state index contributed by atoms with van der Waals surface area (Å²) in [5.74, 6) is 0.905. The summed E-state index contributed by atoms with van der Waals surface area (Å²) in [5.41, 5.74) is 4.00. The van der Waals surface area contributed by atoms with E-state index in [9.17, 15) is 9.18 Å². The highest BCUT2D eigenvalue weighted by molar-refractivity contribution is 5.98. The number of hydrogen-bond acceptors (Lipinski definition) is 2. The fraction of sp³-hybridized carbons (Fsp3) is 0.208. The molecule has 4 aromatic rings. The van der Waals surface area contributed by atoms with Gasteiger partial charge in [0.25, 0.3) is 5.91 Å². The maximum atomic E-state index is 13.2. The molecule has 0 saturated heterocycles. The van der Waals surface area contributed by atoms with E-state index in [1.807, 2.05) is 41.0 Å². The summed E-state index contributed by atoms with van der Waals surface area (Å²) in [6.07, 6.45) is 2.38. The van der Waals surface area contributed by atoms with Crippen molar-refractivity contribution in [1.29, 1.82) is 0 Å². The van der Waals surface area contributed by atoms with E-state index in [-0.39, 0.29) is 11.7 Å². The van der Waals surface area contributed by atoms with E-state index in [1.165, 1.54) is 25.0 Å². The number of halogens is 1. The Hall–Kier alpha value is -3.34. The highest BCUT2D eigenvalue weighted by Gasteiger charge is 2.24. The minimum atomic E-state index is -0.284. The largest absolute Gasteiger partial charge is 0.454 e. The first-order valence-electron chi connectivity index (χ1n) is 9.88. The van der Waals surface area contributed by atoms with E-state index >= 15 is 0 Å².